The molecule has 0 aromatic heterocycles. The first-order valence-electron chi connectivity index (χ1n) is 9.73. The van der Waals surface area contributed by atoms with Crippen molar-refractivity contribution in [2.45, 2.75) is 91.1 Å². The van der Waals surface area contributed by atoms with Gasteiger partial charge in [0.25, 0.3) is 0 Å². The van der Waals surface area contributed by atoms with Crippen LogP contribution in [0.1, 0.15) is 85.0 Å². The van der Waals surface area contributed by atoms with Crippen LogP contribution in [0.25, 0.3) is 0 Å². The van der Waals surface area contributed by atoms with Crippen LogP contribution in [-0.4, -0.2) is 43.4 Å². The maximum atomic E-state index is 5.52. The smallest absolute Gasteiger partial charge is 0.130 e. The molecule has 1 aliphatic rings. The SMILES string of the molecule is CCCCCCCCCC[N+](CCC)(CCC)CC1CO1. The molecule has 1 aliphatic heterocycles. The van der Waals surface area contributed by atoms with E-state index >= 15 is 0 Å². The van der Waals surface area contributed by atoms with Crippen molar-refractivity contribution in [1.82, 2.24) is 0 Å². The Balaban J connectivity index is 2.18. The highest BCUT2D eigenvalue weighted by molar-refractivity contribution is 4.69. The van der Waals surface area contributed by atoms with Gasteiger partial charge < -0.3 is 9.22 Å². The van der Waals surface area contributed by atoms with Gasteiger partial charge in [0.1, 0.15) is 12.6 Å². The van der Waals surface area contributed by atoms with Crippen LogP contribution in [-0.2, 0) is 4.74 Å². The van der Waals surface area contributed by atoms with E-state index in [1.54, 1.807) is 0 Å². The Morgan fingerprint density at radius 1 is 0.714 bits per heavy atom. The number of nitrogens with zero attached hydrogens (tertiary/aromatic N) is 1. The van der Waals surface area contributed by atoms with E-state index in [0.717, 1.165) is 6.61 Å². The summed E-state index contributed by atoms with van der Waals surface area (Å²) >= 11 is 0. The van der Waals surface area contributed by atoms with E-state index in [4.69, 9.17) is 4.74 Å². The van der Waals surface area contributed by atoms with E-state index < -0.39 is 0 Å². The molecular formula is C19H40NO+. The van der Waals surface area contributed by atoms with Gasteiger partial charge in [0, 0.05) is 0 Å². The number of hydrogen-bond donors (Lipinski definition) is 0. The van der Waals surface area contributed by atoms with Crippen molar-refractivity contribution in [1.29, 1.82) is 0 Å². The molecule has 1 saturated heterocycles. The predicted octanol–water partition coefficient (Wildman–Crippen LogP) is 5.16. The van der Waals surface area contributed by atoms with Crippen LogP contribution in [0.4, 0.5) is 0 Å². The lowest BCUT2D eigenvalue weighted by atomic mass is 10.1. The molecule has 0 bridgehead atoms. The standard InChI is InChI=1S/C19H40NO/c1-4-7-8-9-10-11-12-13-16-20(14-5-2,15-6-3)17-19-18-21-19/h19H,4-18H2,1-3H3/q+1. The number of rotatable bonds is 15. The van der Waals surface area contributed by atoms with Crippen LogP contribution in [0.2, 0.25) is 0 Å². The Hall–Kier alpha value is -0.0800. The molecule has 0 saturated carbocycles. The summed E-state index contributed by atoms with van der Waals surface area (Å²) in [7, 11) is 0. The van der Waals surface area contributed by atoms with Crippen molar-refractivity contribution in [3.05, 3.63) is 0 Å². The number of quaternary nitrogens is 1. The number of ether oxygens (including phenoxy) is 1. The fourth-order valence-corrected chi connectivity index (χ4v) is 3.74. The molecule has 2 nitrogen and oxygen atoms in total. The van der Waals surface area contributed by atoms with Gasteiger partial charge in [0.15, 0.2) is 0 Å². The van der Waals surface area contributed by atoms with Gasteiger partial charge in [-0.25, -0.2) is 0 Å². The van der Waals surface area contributed by atoms with E-state index in [2.05, 4.69) is 20.8 Å². The lowest BCUT2D eigenvalue weighted by Gasteiger charge is -2.38. The number of unbranched alkanes of at least 4 members (excludes halogenated alkanes) is 7. The Bertz CT molecular complexity index is 232. The summed E-state index contributed by atoms with van der Waals surface area (Å²) in [5.41, 5.74) is 0. The summed E-state index contributed by atoms with van der Waals surface area (Å²) in [5, 5.41) is 0. The second kappa shape index (κ2) is 11.5. The van der Waals surface area contributed by atoms with Crippen LogP contribution in [0.15, 0.2) is 0 Å². The molecule has 0 spiro atoms. The van der Waals surface area contributed by atoms with Crippen molar-refractivity contribution in [3.8, 4) is 0 Å². The lowest BCUT2D eigenvalue weighted by molar-refractivity contribution is -0.929. The summed E-state index contributed by atoms with van der Waals surface area (Å²) in [6.45, 7) is 13.4. The van der Waals surface area contributed by atoms with Gasteiger partial charge in [0.05, 0.1) is 26.2 Å². The Morgan fingerprint density at radius 2 is 1.24 bits per heavy atom. The van der Waals surface area contributed by atoms with Crippen LogP contribution in [0.3, 0.4) is 0 Å². The number of hydrogen-bond acceptors (Lipinski definition) is 1. The molecule has 1 unspecified atom stereocenters. The van der Waals surface area contributed by atoms with Crippen LogP contribution >= 0.6 is 0 Å². The van der Waals surface area contributed by atoms with Gasteiger partial charge in [0.2, 0.25) is 0 Å². The van der Waals surface area contributed by atoms with E-state index in [0.29, 0.717) is 6.10 Å². The second-order valence-corrected chi connectivity index (χ2v) is 7.13. The third-order valence-corrected chi connectivity index (χ3v) is 4.88. The zero-order valence-electron chi connectivity index (χ0n) is 15.0. The molecule has 1 fully saturated rings. The van der Waals surface area contributed by atoms with Gasteiger partial charge in [-0.3, -0.25) is 0 Å². The highest BCUT2D eigenvalue weighted by atomic mass is 16.6. The molecule has 1 rings (SSSR count). The van der Waals surface area contributed by atoms with E-state index in [1.165, 1.54) is 94.9 Å². The summed E-state index contributed by atoms with van der Waals surface area (Å²) < 4.78 is 6.85. The highest BCUT2D eigenvalue weighted by Crippen LogP contribution is 2.21. The molecule has 0 radical (unpaired) electrons. The lowest BCUT2D eigenvalue weighted by Crippen LogP contribution is -2.52. The van der Waals surface area contributed by atoms with Crippen molar-refractivity contribution >= 4 is 0 Å². The molecule has 126 valence electrons. The van der Waals surface area contributed by atoms with Gasteiger partial charge in [-0.2, -0.15) is 0 Å². The monoisotopic (exact) mass is 298 g/mol. The van der Waals surface area contributed by atoms with Gasteiger partial charge >= 0.3 is 0 Å². The maximum absolute atomic E-state index is 5.52. The molecule has 0 amide bonds. The highest BCUT2D eigenvalue weighted by Gasteiger charge is 2.35. The van der Waals surface area contributed by atoms with Gasteiger partial charge in [-0.15, -0.1) is 0 Å². The van der Waals surface area contributed by atoms with Crippen LogP contribution < -0.4 is 0 Å². The second-order valence-electron chi connectivity index (χ2n) is 7.13. The summed E-state index contributed by atoms with van der Waals surface area (Å²) in [6.07, 6.45) is 14.6. The molecule has 0 aromatic carbocycles. The quantitative estimate of drug-likeness (QED) is 0.231. The van der Waals surface area contributed by atoms with Crippen molar-refractivity contribution < 1.29 is 9.22 Å². The maximum Gasteiger partial charge on any atom is 0.130 e. The minimum atomic E-state index is 0.581. The topological polar surface area (TPSA) is 12.5 Å². The van der Waals surface area contributed by atoms with Crippen LogP contribution in [0.5, 0.6) is 0 Å². The molecular weight excluding hydrogens is 258 g/mol. The Kier molecular flexibility index (Phi) is 10.4. The first kappa shape index (κ1) is 19.0. The molecule has 0 aliphatic carbocycles. The average molecular weight is 299 g/mol. The minimum Gasteiger partial charge on any atom is -0.367 e. The van der Waals surface area contributed by atoms with Crippen LogP contribution in [0, 0.1) is 0 Å². The van der Waals surface area contributed by atoms with Crippen molar-refractivity contribution in [2.75, 3.05) is 32.8 Å². The van der Waals surface area contributed by atoms with E-state index in [1.807, 2.05) is 0 Å². The third-order valence-electron chi connectivity index (χ3n) is 4.88. The average Bonchev–Trinajstić information content (AvgIpc) is 3.26. The van der Waals surface area contributed by atoms with E-state index in [9.17, 15) is 0 Å². The predicted molar refractivity (Wildman–Crippen MR) is 92.7 cm³/mol. The summed E-state index contributed by atoms with van der Waals surface area (Å²) in [4.78, 5) is 0. The molecule has 2 heteroatoms. The summed E-state index contributed by atoms with van der Waals surface area (Å²) in [6, 6.07) is 0. The zero-order chi connectivity index (χ0) is 15.4. The molecule has 1 atom stereocenters. The summed E-state index contributed by atoms with van der Waals surface area (Å²) in [5.74, 6) is 0. The Morgan fingerprint density at radius 3 is 1.71 bits per heavy atom. The fourth-order valence-electron chi connectivity index (χ4n) is 3.74. The van der Waals surface area contributed by atoms with Gasteiger partial charge in [-0.05, 0) is 25.7 Å². The molecule has 0 N–H and O–H groups in total. The van der Waals surface area contributed by atoms with E-state index in [-0.39, 0.29) is 0 Å². The Labute approximate surface area is 133 Å². The zero-order valence-corrected chi connectivity index (χ0v) is 15.0. The normalized spacial score (nSPS) is 18.1. The molecule has 21 heavy (non-hydrogen) atoms. The largest absolute Gasteiger partial charge is 0.367 e. The minimum absolute atomic E-state index is 0.581. The van der Waals surface area contributed by atoms with Crippen molar-refractivity contribution in [2.24, 2.45) is 0 Å². The fraction of sp³-hybridized carbons (Fsp3) is 1.00. The number of epoxide rings is 1. The molecule has 1 heterocycles. The third kappa shape index (κ3) is 8.83. The van der Waals surface area contributed by atoms with Gasteiger partial charge in [-0.1, -0.05) is 59.3 Å². The first-order chi connectivity index (χ1) is 10.3. The first-order valence-corrected chi connectivity index (χ1v) is 9.73. The van der Waals surface area contributed by atoms with Crippen molar-refractivity contribution in [3.63, 3.8) is 0 Å². The molecule has 0 aromatic rings.